The minimum Gasteiger partial charge on any atom is -0.345 e. The van der Waals surface area contributed by atoms with Crippen molar-refractivity contribution in [1.82, 2.24) is 15.6 Å². The Kier molecular flexibility index (Phi) is 9.88. The Morgan fingerprint density at radius 3 is 2.79 bits per heavy atom. The molecule has 1 aromatic rings. The minimum absolute atomic E-state index is 0.240. The Hall–Kier alpha value is -1.79. The van der Waals surface area contributed by atoms with Crippen molar-refractivity contribution in [2.45, 2.75) is 58.2 Å². The topological polar surface area (TPSA) is 97.1 Å². The Bertz CT molecular complexity index is 479. The number of carbonyl (C=O) groups is 2. The van der Waals surface area contributed by atoms with E-state index in [0.717, 1.165) is 37.8 Å². The quantitative estimate of drug-likeness (QED) is 0.396. The van der Waals surface area contributed by atoms with E-state index in [1.165, 1.54) is 0 Å². The highest BCUT2D eigenvalue weighted by atomic mass is 16.2. The van der Waals surface area contributed by atoms with E-state index < -0.39 is 12.1 Å². The maximum atomic E-state index is 12.0. The van der Waals surface area contributed by atoms with E-state index in [9.17, 15) is 9.59 Å². The first kappa shape index (κ1) is 20.3. The van der Waals surface area contributed by atoms with E-state index in [2.05, 4.69) is 15.6 Å². The number of aromatic nitrogens is 1. The largest absolute Gasteiger partial charge is 0.345 e. The SMILES string of the molecule is CC(C)C[C@@H](C=O)NC(=O)[C@@H](N)CCCCNCc1cccnc1. The molecule has 0 saturated heterocycles. The molecule has 0 aliphatic rings. The van der Waals surface area contributed by atoms with E-state index in [0.29, 0.717) is 18.8 Å². The Labute approximate surface area is 144 Å². The van der Waals surface area contributed by atoms with Gasteiger partial charge in [-0.25, -0.2) is 0 Å². The average molecular weight is 334 g/mol. The smallest absolute Gasteiger partial charge is 0.237 e. The molecule has 0 saturated carbocycles. The molecule has 0 spiro atoms. The van der Waals surface area contributed by atoms with Crippen LogP contribution in [0.3, 0.4) is 0 Å². The van der Waals surface area contributed by atoms with E-state index in [-0.39, 0.29) is 5.91 Å². The third-order valence-corrected chi connectivity index (χ3v) is 3.72. The predicted molar refractivity (Wildman–Crippen MR) is 95.2 cm³/mol. The summed E-state index contributed by atoms with van der Waals surface area (Å²) in [5, 5.41) is 6.06. The maximum Gasteiger partial charge on any atom is 0.237 e. The zero-order chi connectivity index (χ0) is 17.8. The van der Waals surface area contributed by atoms with Gasteiger partial charge in [0.05, 0.1) is 12.1 Å². The predicted octanol–water partition coefficient (Wildman–Crippen LogP) is 1.40. The van der Waals surface area contributed by atoms with Gasteiger partial charge in [0.2, 0.25) is 5.91 Å². The van der Waals surface area contributed by atoms with Crippen molar-refractivity contribution in [3.8, 4) is 0 Å². The fourth-order valence-electron chi connectivity index (χ4n) is 2.43. The van der Waals surface area contributed by atoms with Crippen LogP contribution in [0.25, 0.3) is 0 Å². The molecule has 1 heterocycles. The number of hydrogen-bond donors (Lipinski definition) is 3. The lowest BCUT2D eigenvalue weighted by Gasteiger charge is -2.18. The third-order valence-electron chi connectivity index (χ3n) is 3.72. The van der Waals surface area contributed by atoms with Crippen LogP contribution in [0.5, 0.6) is 0 Å². The molecule has 0 fully saturated rings. The molecule has 4 N–H and O–H groups in total. The molecule has 2 atom stereocenters. The number of nitrogens with two attached hydrogens (primary N) is 1. The Balaban J connectivity index is 2.13. The molecule has 0 bridgehead atoms. The van der Waals surface area contributed by atoms with Crippen LogP contribution in [0.1, 0.15) is 45.1 Å². The highest BCUT2D eigenvalue weighted by Crippen LogP contribution is 2.04. The van der Waals surface area contributed by atoms with Crippen molar-refractivity contribution in [3.63, 3.8) is 0 Å². The number of pyridine rings is 1. The second-order valence-electron chi connectivity index (χ2n) is 6.52. The summed E-state index contributed by atoms with van der Waals surface area (Å²) in [7, 11) is 0. The van der Waals surface area contributed by atoms with Crippen molar-refractivity contribution in [2.24, 2.45) is 11.7 Å². The zero-order valence-corrected chi connectivity index (χ0v) is 14.7. The van der Waals surface area contributed by atoms with Crippen LogP contribution in [-0.2, 0) is 16.1 Å². The number of nitrogens with one attached hydrogen (secondary N) is 2. The fourth-order valence-corrected chi connectivity index (χ4v) is 2.43. The Morgan fingerprint density at radius 1 is 1.38 bits per heavy atom. The molecule has 0 unspecified atom stereocenters. The standard InChI is InChI=1S/C18H30N4O2/c1-14(2)10-16(13-23)22-18(24)17(19)7-3-4-8-20-11-15-6-5-9-21-12-15/h5-6,9,12-14,16-17,20H,3-4,7-8,10-11,19H2,1-2H3,(H,22,24)/t16-,17-/m0/s1. The highest BCUT2D eigenvalue weighted by molar-refractivity contribution is 5.84. The van der Waals surface area contributed by atoms with E-state index in [1.807, 2.05) is 32.2 Å². The molecular formula is C18H30N4O2. The monoisotopic (exact) mass is 334 g/mol. The summed E-state index contributed by atoms with van der Waals surface area (Å²) in [5.41, 5.74) is 7.05. The summed E-state index contributed by atoms with van der Waals surface area (Å²) in [6.45, 7) is 5.69. The highest BCUT2D eigenvalue weighted by Gasteiger charge is 2.18. The van der Waals surface area contributed by atoms with Crippen molar-refractivity contribution in [1.29, 1.82) is 0 Å². The van der Waals surface area contributed by atoms with Gasteiger partial charge < -0.3 is 21.2 Å². The van der Waals surface area contributed by atoms with Gasteiger partial charge in [0.1, 0.15) is 6.29 Å². The second-order valence-corrected chi connectivity index (χ2v) is 6.52. The maximum absolute atomic E-state index is 12.0. The molecule has 24 heavy (non-hydrogen) atoms. The van der Waals surface area contributed by atoms with E-state index >= 15 is 0 Å². The van der Waals surface area contributed by atoms with Crippen LogP contribution >= 0.6 is 0 Å². The van der Waals surface area contributed by atoms with Crippen LogP contribution in [-0.4, -0.2) is 35.8 Å². The molecule has 6 heteroatoms. The van der Waals surface area contributed by atoms with Gasteiger partial charge in [-0.05, 0) is 43.4 Å². The number of aldehydes is 1. The van der Waals surface area contributed by atoms with Gasteiger partial charge in [-0.2, -0.15) is 0 Å². The zero-order valence-electron chi connectivity index (χ0n) is 14.7. The van der Waals surface area contributed by atoms with Gasteiger partial charge in [-0.1, -0.05) is 26.3 Å². The van der Waals surface area contributed by atoms with Crippen LogP contribution < -0.4 is 16.4 Å². The first-order valence-electron chi connectivity index (χ1n) is 8.63. The summed E-state index contributed by atoms with van der Waals surface area (Å²) in [6, 6.07) is 2.95. The summed E-state index contributed by atoms with van der Waals surface area (Å²) < 4.78 is 0. The fraction of sp³-hybridized carbons (Fsp3) is 0.611. The molecule has 6 nitrogen and oxygen atoms in total. The van der Waals surface area contributed by atoms with Crippen LogP contribution in [0, 0.1) is 5.92 Å². The van der Waals surface area contributed by atoms with Crippen molar-refractivity contribution < 1.29 is 9.59 Å². The lowest BCUT2D eigenvalue weighted by Crippen LogP contribution is -2.46. The third kappa shape index (κ3) is 8.74. The Morgan fingerprint density at radius 2 is 2.17 bits per heavy atom. The van der Waals surface area contributed by atoms with Crippen molar-refractivity contribution in [2.75, 3.05) is 6.54 Å². The molecule has 0 aromatic carbocycles. The van der Waals surface area contributed by atoms with Crippen LogP contribution in [0.15, 0.2) is 24.5 Å². The number of nitrogens with zero attached hydrogens (tertiary/aromatic N) is 1. The van der Waals surface area contributed by atoms with Crippen LogP contribution in [0.2, 0.25) is 0 Å². The summed E-state index contributed by atoms with van der Waals surface area (Å²) in [4.78, 5) is 27.0. The summed E-state index contributed by atoms with van der Waals surface area (Å²) >= 11 is 0. The van der Waals surface area contributed by atoms with E-state index in [4.69, 9.17) is 5.73 Å². The second kappa shape index (κ2) is 11.7. The van der Waals surface area contributed by atoms with Gasteiger partial charge in [0.25, 0.3) is 0 Å². The average Bonchev–Trinajstić information content (AvgIpc) is 2.57. The van der Waals surface area contributed by atoms with Gasteiger partial charge in [0.15, 0.2) is 0 Å². The lowest BCUT2D eigenvalue weighted by molar-refractivity contribution is -0.125. The van der Waals surface area contributed by atoms with Crippen molar-refractivity contribution >= 4 is 12.2 Å². The molecule has 1 rings (SSSR count). The molecule has 1 amide bonds. The van der Waals surface area contributed by atoms with E-state index in [1.54, 1.807) is 6.20 Å². The lowest BCUT2D eigenvalue weighted by atomic mass is 10.0. The number of rotatable bonds is 12. The summed E-state index contributed by atoms with van der Waals surface area (Å²) in [5.74, 6) is 0.110. The minimum atomic E-state index is -0.557. The number of amides is 1. The molecule has 0 radical (unpaired) electrons. The first-order chi connectivity index (χ1) is 11.5. The van der Waals surface area contributed by atoms with Crippen LogP contribution in [0.4, 0.5) is 0 Å². The molecule has 0 aliphatic heterocycles. The molecule has 1 aromatic heterocycles. The molecular weight excluding hydrogens is 304 g/mol. The van der Waals surface area contributed by atoms with Gasteiger partial charge in [0, 0.05) is 18.9 Å². The molecule has 134 valence electrons. The van der Waals surface area contributed by atoms with Gasteiger partial charge >= 0.3 is 0 Å². The van der Waals surface area contributed by atoms with Crippen molar-refractivity contribution in [3.05, 3.63) is 30.1 Å². The van der Waals surface area contributed by atoms with Gasteiger partial charge in [-0.15, -0.1) is 0 Å². The number of carbonyl (C=O) groups excluding carboxylic acids is 2. The van der Waals surface area contributed by atoms with Gasteiger partial charge in [-0.3, -0.25) is 9.78 Å². The normalized spacial score (nSPS) is 13.5. The number of hydrogen-bond acceptors (Lipinski definition) is 5. The summed E-state index contributed by atoms with van der Waals surface area (Å²) in [6.07, 6.45) is 7.45. The molecule has 0 aliphatic carbocycles. The number of unbranched alkanes of at least 4 members (excludes halogenated alkanes) is 1. The first-order valence-corrected chi connectivity index (χ1v) is 8.63.